The van der Waals surface area contributed by atoms with Crippen LogP contribution in [0.25, 0.3) is 0 Å². The molecule has 0 spiro atoms. The van der Waals surface area contributed by atoms with Crippen molar-refractivity contribution < 1.29 is 9.18 Å². The maximum Gasteiger partial charge on any atom is 0.178 e. The van der Waals surface area contributed by atoms with E-state index in [0.717, 1.165) is 56.1 Å². The van der Waals surface area contributed by atoms with Crippen LogP contribution < -0.4 is 4.90 Å². The van der Waals surface area contributed by atoms with E-state index in [4.69, 9.17) is 0 Å². The highest BCUT2D eigenvalue weighted by atomic mass is 32.2. The molecule has 142 valence electrons. The molecule has 2 aliphatic rings. The largest absolute Gasteiger partial charge is 0.367 e. The molecular formula is C21H24FN3OS. The minimum atomic E-state index is -0.141. The Hall–Kier alpha value is -1.89. The second-order valence-electron chi connectivity index (χ2n) is 7.01. The maximum atomic E-state index is 13.9. The van der Waals surface area contributed by atoms with Gasteiger partial charge in [0, 0.05) is 43.2 Å². The van der Waals surface area contributed by atoms with Gasteiger partial charge in [-0.1, -0.05) is 30.3 Å². The fraction of sp³-hybridized carbons (Fsp3) is 0.381. The minimum Gasteiger partial charge on any atom is -0.367 e. The number of piperazine rings is 1. The molecule has 27 heavy (non-hydrogen) atoms. The lowest BCUT2D eigenvalue weighted by molar-refractivity contribution is 0.0961. The van der Waals surface area contributed by atoms with Gasteiger partial charge in [0.1, 0.15) is 5.82 Å². The van der Waals surface area contributed by atoms with E-state index in [2.05, 4.69) is 14.1 Å². The lowest BCUT2D eigenvalue weighted by Crippen LogP contribution is -2.47. The summed E-state index contributed by atoms with van der Waals surface area (Å²) < 4.78 is 16.1. The van der Waals surface area contributed by atoms with Crippen molar-refractivity contribution in [2.45, 2.75) is 11.3 Å². The Morgan fingerprint density at radius 2 is 1.67 bits per heavy atom. The van der Waals surface area contributed by atoms with Gasteiger partial charge in [-0.25, -0.2) is 8.70 Å². The molecule has 2 aromatic rings. The summed E-state index contributed by atoms with van der Waals surface area (Å²) in [6.07, 6.45) is 1.03. The zero-order chi connectivity index (χ0) is 18.6. The second kappa shape index (κ2) is 8.42. The molecule has 4 nitrogen and oxygen atoms in total. The molecule has 0 aliphatic carbocycles. The molecule has 0 bridgehead atoms. The molecule has 2 aromatic carbocycles. The average molecular weight is 386 g/mol. The molecule has 0 saturated carbocycles. The van der Waals surface area contributed by atoms with Gasteiger partial charge < -0.3 is 4.90 Å². The van der Waals surface area contributed by atoms with Gasteiger partial charge in [-0.15, -0.1) is 0 Å². The first-order chi connectivity index (χ1) is 13.2. The molecule has 0 atom stereocenters. The van der Waals surface area contributed by atoms with E-state index < -0.39 is 0 Å². The van der Waals surface area contributed by atoms with Gasteiger partial charge in [0.15, 0.2) is 5.78 Å². The van der Waals surface area contributed by atoms with Crippen molar-refractivity contribution in [3.05, 3.63) is 59.9 Å². The first-order valence-electron chi connectivity index (χ1n) is 9.48. The number of fused-ring (bicyclic) bond motifs is 1. The summed E-state index contributed by atoms with van der Waals surface area (Å²) in [6.45, 7) is 6.00. The zero-order valence-corrected chi connectivity index (χ0v) is 16.1. The Labute approximate surface area is 164 Å². The number of anilines is 1. The Morgan fingerprint density at radius 3 is 2.48 bits per heavy atom. The standard InChI is InChI=1S/C21H24FN3OS/c22-18-7-2-3-8-19(18)24-14-12-23(13-15-24)10-5-11-25-16-20(26)17-6-1-4-9-21(17)27-25/h1-4,6-9H,5,10-16H2. The lowest BCUT2D eigenvalue weighted by atomic mass is 10.1. The molecule has 2 heterocycles. The third kappa shape index (κ3) is 4.34. The fourth-order valence-electron chi connectivity index (χ4n) is 3.71. The van der Waals surface area contributed by atoms with Crippen molar-refractivity contribution in [3.63, 3.8) is 0 Å². The SMILES string of the molecule is O=C1CN(CCCN2CCN(c3ccccc3F)CC2)Sc2ccccc21. The summed E-state index contributed by atoms with van der Waals surface area (Å²) in [5, 5.41) is 0. The van der Waals surface area contributed by atoms with Crippen molar-refractivity contribution in [3.8, 4) is 0 Å². The van der Waals surface area contributed by atoms with Crippen molar-refractivity contribution >= 4 is 23.4 Å². The van der Waals surface area contributed by atoms with E-state index in [1.807, 2.05) is 36.4 Å². The third-order valence-corrected chi connectivity index (χ3v) is 6.30. The topological polar surface area (TPSA) is 26.8 Å². The smallest absolute Gasteiger partial charge is 0.178 e. The number of ketones is 1. The van der Waals surface area contributed by atoms with Crippen LogP contribution in [0.2, 0.25) is 0 Å². The number of carbonyl (C=O) groups excluding carboxylic acids is 1. The molecule has 4 rings (SSSR count). The summed E-state index contributed by atoms with van der Waals surface area (Å²) in [6, 6.07) is 14.8. The van der Waals surface area contributed by atoms with Gasteiger partial charge in [-0.3, -0.25) is 9.69 Å². The van der Waals surface area contributed by atoms with E-state index in [-0.39, 0.29) is 11.6 Å². The van der Waals surface area contributed by atoms with Crippen LogP contribution >= 0.6 is 11.9 Å². The molecular weight excluding hydrogens is 361 g/mol. The Bertz CT molecular complexity index is 808. The van der Waals surface area contributed by atoms with Gasteiger partial charge in [-0.05, 0) is 43.1 Å². The van der Waals surface area contributed by atoms with Crippen LogP contribution in [-0.2, 0) is 0 Å². The summed E-state index contributed by atoms with van der Waals surface area (Å²) in [5.74, 6) is 0.0703. The number of Topliss-reactive ketones (excluding diaryl/α,β-unsaturated/α-hetero) is 1. The van der Waals surface area contributed by atoms with Gasteiger partial charge in [0.2, 0.25) is 0 Å². The van der Waals surface area contributed by atoms with Gasteiger partial charge in [0.05, 0.1) is 12.2 Å². The molecule has 0 unspecified atom stereocenters. The summed E-state index contributed by atoms with van der Waals surface area (Å²) in [4.78, 5) is 17.9. The van der Waals surface area contributed by atoms with E-state index in [1.54, 1.807) is 18.0 Å². The molecule has 0 radical (unpaired) electrons. The second-order valence-corrected chi connectivity index (χ2v) is 8.15. The summed E-state index contributed by atoms with van der Waals surface area (Å²) in [7, 11) is 0. The molecule has 2 aliphatic heterocycles. The van der Waals surface area contributed by atoms with Crippen LogP contribution in [0.5, 0.6) is 0 Å². The predicted molar refractivity (Wildman–Crippen MR) is 108 cm³/mol. The number of halogens is 1. The molecule has 6 heteroatoms. The number of hydrogen-bond donors (Lipinski definition) is 0. The predicted octanol–water partition coefficient (Wildman–Crippen LogP) is 3.54. The Kier molecular flexibility index (Phi) is 5.76. The van der Waals surface area contributed by atoms with Crippen molar-refractivity contribution in [2.75, 3.05) is 50.7 Å². The highest BCUT2D eigenvalue weighted by Gasteiger charge is 2.24. The first-order valence-corrected chi connectivity index (χ1v) is 10.2. The monoisotopic (exact) mass is 385 g/mol. The lowest BCUT2D eigenvalue weighted by Gasteiger charge is -2.36. The van der Waals surface area contributed by atoms with Crippen LogP contribution in [0.1, 0.15) is 16.8 Å². The number of nitrogens with zero attached hydrogens (tertiary/aromatic N) is 3. The van der Waals surface area contributed by atoms with Crippen molar-refractivity contribution in [1.29, 1.82) is 0 Å². The molecule has 0 amide bonds. The van der Waals surface area contributed by atoms with Crippen LogP contribution in [0.4, 0.5) is 10.1 Å². The number of para-hydroxylation sites is 1. The first kappa shape index (κ1) is 18.5. The average Bonchev–Trinajstić information content (AvgIpc) is 2.69. The Morgan fingerprint density at radius 1 is 0.926 bits per heavy atom. The van der Waals surface area contributed by atoms with E-state index >= 15 is 0 Å². The zero-order valence-electron chi connectivity index (χ0n) is 15.3. The molecule has 1 saturated heterocycles. The molecule has 0 N–H and O–H groups in total. The fourth-order valence-corrected chi connectivity index (χ4v) is 4.81. The quantitative estimate of drug-likeness (QED) is 0.734. The molecule has 1 fully saturated rings. The van der Waals surface area contributed by atoms with Gasteiger partial charge >= 0.3 is 0 Å². The molecule has 0 aromatic heterocycles. The minimum absolute atomic E-state index is 0.141. The normalized spacial score (nSPS) is 18.6. The van der Waals surface area contributed by atoms with Crippen LogP contribution in [0.3, 0.4) is 0 Å². The van der Waals surface area contributed by atoms with Crippen molar-refractivity contribution in [2.24, 2.45) is 0 Å². The van der Waals surface area contributed by atoms with E-state index in [9.17, 15) is 9.18 Å². The maximum absolute atomic E-state index is 13.9. The number of carbonyl (C=O) groups is 1. The number of benzene rings is 2. The number of rotatable bonds is 5. The van der Waals surface area contributed by atoms with Gasteiger partial charge in [0.25, 0.3) is 0 Å². The van der Waals surface area contributed by atoms with E-state index in [0.29, 0.717) is 12.2 Å². The van der Waals surface area contributed by atoms with Crippen molar-refractivity contribution in [1.82, 2.24) is 9.21 Å². The van der Waals surface area contributed by atoms with Crippen LogP contribution in [-0.4, -0.2) is 60.8 Å². The van der Waals surface area contributed by atoms with Crippen LogP contribution in [0.15, 0.2) is 53.4 Å². The third-order valence-electron chi connectivity index (χ3n) is 5.18. The highest BCUT2D eigenvalue weighted by molar-refractivity contribution is 7.97. The summed E-state index contributed by atoms with van der Waals surface area (Å²) >= 11 is 1.69. The van der Waals surface area contributed by atoms with Gasteiger partial charge in [-0.2, -0.15) is 0 Å². The number of hydrogen-bond acceptors (Lipinski definition) is 5. The van der Waals surface area contributed by atoms with Crippen LogP contribution in [0, 0.1) is 5.82 Å². The van der Waals surface area contributed by atoms with E-state index in [1.165, 1.54) is 6.07 Å². The highest BCUT2D eigenvalue weighted by Crippen LogP contribution is 2.31. The summed E-state index contributed by atoms with van der Waals surface area (Å²) in [5.41, 5.74) is 1.56. The Balaban J connectivity index is 1.22.